The first-order valence-electron chi connectivity index (χ1n) is 8.45. The second kappa shape index (κ2) is 6.83. The van der Waals surface area contributed by atoms with Crippen LogP contribution in [0.25, 0.3) is 16.9 Å². The van der Waals surface area contributed by atoms with Gasteiger partial charge in [0.2, 0.25) is 0 Å². The van der Waals surface area contributed by atoms with Crippen molar-refractivity contribution in [3.05, 3.63) is 69.5 Å². The summed E-state index contributed by atoms with van der Waals surface area (Å²) in [7, 11) is 0. The lowest BCUT2D eigenvalue weighted by Gasteiger charge is -2.14. The highest BCUT2D eigenvalue weighted by Crippen LogP contribution is 2.30. The Morgan fingerprint density at radius 2 is 1.56 bits per heavy atom. The van der Waals surface area contributed by atoms with Crippen molar-refractivity contribution in [2.24, 2.45) is 0 Å². The Labute approximate surface area is 167 Å². The Kier molecular flexibility index (Phi) is 4.50. The van der Waals surface area contributed by atoms with Gasteiger partial charge in [0.15, 0.2) is 11.6 Å². The van der Waals surface area contributed by atoms with Gasteiger partial charge < -0.3 is 5.32 Å². The van der Waals surface area contributed by atoms with Gasteiger partial charge >= 0.3 is 0 Å². The van der Waals surface area contributed by atoms with Crippen LogP contribution >= 0.6 is 23.2 Å². The number of hydrogen-bond donors (Lipinski definition) is 1. The minimum atomic E-state index is 0.442. The summed E-state index contributed by atoms with van der Waals surface area (Å²) >= 11 is 12.3. The normalized spacial score (nSPS) is 11.1. The lowest BCUT2D eigenvalue weighted by molar-refractivity contribution is 0.808. The highest BCUT2D eigenvalue weighted by atomic mass is 35.5. The molecule has 2 heterocycles. The first kappa shape index (κ1) is 17.8. The van der Waals surface area contributed by atoms with Crippen LogP contribution in [0.1, 0.15) is 17.0 Å². The highest BCUT2D eigenvalue weighted by Gasteiger charge is 2.16. The van der Waals surface area contributed by atoms with Crippen LogP contribution in [0.4, 0.5) is 11.5 Å². The van der Waals surface area contributed by atoms with Crippen LogP contribution in [0, 0.1) is 20.8 Å². The number of benzene rings is 2. The number of nitrogens with zero attached hydrogens (tertiary/aromatic N) is 4. The minimum absolute atomic E-state index is 0.442. The maximum atomic E-state index is 6.17. The molecule has 0 aliphatic heterocycles. The number of para-hydroxylation sites is 1. The van der Waals surface area contributed by atoms with Gasteiger partial charge in [-0.2, -0.15) is 5.10 Å². The van der Waals surface area contributed by atoms with Crippen LogP contribution < -0.4 is 5.32 Å². The first-order chi connectivity index (χ1) is 12.9. The molecule has 4 rings (SSSR count). The van der Waals surface area contributed by atoms with Crippen LogP contribution in [-0.4, -0.2) is 19.7 Å². The van der Waals surface area contributed by atoms with Crippen LogP contribution in [0.2, 0.25) is 10.0 Å². The lowest BCUT2D eigenvalue weighted by Crippen LogP contribution is -2.09. The number of halogens is 2. The van der Waals surface area contributed by atoms with E-state index in [9.17, 15) is 0 Å². The van der Waals surface area contributed by atoms with Crippen molar-refractivity contribution in [3.63, 3.8) is 0 Å². The van der Waals surface area contributed by atoms with E-state index in [1.807, 2.05) is 51.1 Å². The molecule has 5 nitrogen and oxygen atoms in total. The molecule has 0 bridgehead atoms. The van der Waals surface area contributed by atoms with Crippen molar-refractivity contribution < 1.29 is 0 Å². The number of aryl methyl sites for hydroxylation is 3. The summed E-state index contributed by atoms with van der Waals surface area (Å²) in [6.07, 6.45) is 0. The fourth-order valence-electron chi connectivity index (χ4n) is 2.96. The number of anilines is 2. The Morgan fingerprint density at radius 3 is 2.19 bits per heavy atom. The predicted molar refractivity (Wildman–Crippen MR) is 111 cm³/mol. The van der Waals surface area contributed by atoms with Crippen LogP contribution in [0.3, 0.4) is 0 Å². The molecule has 0 radical (unpaired) electrons. The number of rotatable bonds is 3. The van der Waals surface area contributed by atoms with Gasteiger partial charge in [-0.25, -0.2) is 14.6 Å². The molecule has 0 saturated carbocycles. The number of nitrogens with one attached hydrogen (secondary N) is 1. The average Bonchev–Trinajstić information content (AvgIpc) is 2.96. The van der Waals surface area contributed by atoms with Crippen molar-refractivity contribution in [1.29, 1.82) is 0 Å². The molecule has 7 heteroatoms. The summed E-state index contributed by atoms with van der Waals surface area (Å²) < 4.78 is 1.78. The van der Waals surface area contributed by atoms with Gasteiger partial charge in [-0.1, -0.05) is 41.4 Å². The zero-order chi connectivity index (χ0) is 19.1. The van der Waals surface area contributed by atoms with Crippen molar-refractivity contribution in [3.8, 4) is 5.82 Å². The third-order valence-electron chi connectivity index (χ3n) is 4.30. The summed E-state index contributed by atoms with van der Waals surface area (Å²) in [6.45, 7) is 5.97. The molecule has 1 N–H and O–H groups in total. The second-order valence-electron chi connectivity index (χ2n) is 6.43. The molecule has 0 atom stereocenters. The zero-order valence-electron chi connectivity index (χ0n) is 15.1. The fourth-order valence-corrected chi connectivity index (χ4v) is 3.27. The quantitative estimate of drug-likeness (QED) is 0.475. The monoisotopic (exact) mass is 397 g/mol. The average molecular weight is 398 g/mol. The predicted octanol–water partition coefficient (Wildman–Crippen LogP) is 5.79. The molecule has 0 unspecified atom stereocenters. The fraction of sp³-hybridized carbons (Fsp3) is 0.150. The molecule has 2 aromatic carbocycles. The summed E-state index contributed by atoms with van der Waals surface area (Å²) in [4.78, 5) is 9.54. The summed E-state index contributed by atoms with van der Waals surface area (Å²) in [5.41, 5.74) is 5.24. The van der Waals surface area contributed by atoms with Crippen molar-refractivity contribution in [2.45, 2.75) is 20.8 Å². The van der Waals surface area contributed by atoms with E-state index < -0.39 is 0 Å². The first-order valence-corrected chi connectivity index (χ1v) is 9.21. The number of fused-ring (bicyclic) bond motifs is 1. The van der Waals surface area contributed by atoms with Crippen molar-refractivity contribution in [2.75, 3.05) is 5.32 Å². The molecule has 0 fully saturated rings. The van der Waals surface area contributed by atoms with Gasteiger partial charge in [0, 0.05) is 11.4 Å². The SMILES string of the molecule is Cc1cc(C)n(-c2nc3cc(Cl)c(Cl)cc3nc2Nc2ccccc2C)n1. The van der Waals surface area contributed by atoms with Crippen LogP contribution in [0.15, 0.2) is 42.5 Å². The number of aromatic nitrogens is 4. The molecule has 27 heavy (non-hydrogen) atoms. The van der Waals surface area contributed by atoms with E-state index in [2.05, 4.69) is 10.4 Å². The van der Waals surface area contributed by atoms with E-state index in [0.29, 0.717) is 32.7 Å². The van der Waals surface area contributed by atoms with E-state index in [1.165, 1.54) is 0 Å². The van der Waals surface area contributed by atoms with E-state index >= 15 is 0 Å². The topological polar surface area (TPSA) is 55.6 Å². The smallest absolute Gasteiger partial charge is 0.197 e. The Hall–Kier alpha value is -2.63. The third-order valence-corrected chi connectivity index (χ3v) is 5.02. The molecule has 0 spiro atoms. The largest absolute Gasteiger partial charge is 0.337 e. The minimum Gasteiger partial charge on any atom is -0.337 e. The van der Waals surface area contributed by atoms with Gasteiger partial charge in [0.1, 0.15) is 0 Å². The second-order valence-corrected chi connectivity index (χ2v) is 7.24. The molecule has 4 aromatic rings. The van der Waals surface area contributed by atoms with Crippen molar-refractivity contribution >= 4 is 45.7 Å². The molecule has 0 amide bonds. The van der Waals surface area contributed by atoms with Gasteiger partial charge in [0.25, 0.3) is 0 Å². The molecule has 136 valence electrons. The molecule has 0 aliphatic carbocycles. The molecular weight excluding hydrogens is 381 g/mol. The molecule has 2 aromatic heterocycles. The Bertz CT molecular complexity index is 1170. The van der Waals surface area contributed by atoms with Gasteiger partial charge in [-0.05, 0) is 50.6 Å². The van der Waals surface area contributed by atoms with E-state index in [4.69, 9.17) is 33.2 Å². The van der Waals surface area contributed by atoms with E-state index in [-0.39, 0.29) is 0 Å². The van der Waals surface area contributed by atoms with Crippen molar-refractivity contribution in [1.82, 2.24) is 19.7 Å². The van der Waals surface area contributed by atoms with E-state index in [1.54, 1.807) is 16.8 Å². The third kappa shape index (κ3) is 3.36. The summed E-state index contributed by atoms with van der Waals surface area (Å²) in [6, 6.07) is 13.5. The molecular formula is C20H17Cl2N5. The molecule has 0 aliphatic rings. The van der Waals surface area contributed by atoms with Gasteiger partial charge in [-0.3, -0.25) is 0 Å². The van der Waals surface area contributed by atoms with Gasteiger partial charge in [0.05, 0.1) is 26.8 Å². The van der Waals surface area contributed by atoms with Crippen LogP contribution in [0.5, 0.6) is 0 Å². The lowest BCUT2D eigenvalue weighted by atomic mass is 10.2. The number of hydrogen-bond acceptors (Lipinski definition) is 4. The maximum absolute atomic E-state index is 6.17. The van der Waals surface area contributed by atoms with Gasteiger partial charge in [-0.15, -0.1) is 0 Å². The Balaban J connectivity index is 1.96. The standard InChI is InChI=1S/C20H17Cl2N5/c1-11-6-4-5-7-16(11)23-19-20(27-13(3)8-12(2)26-27)25-18-10-15(22)14(21)9-17(18)24-19/h4-10H,1-3H3,(H,23,24). The summed E-state index contributed by atoms with van der Waals surface area (Å²) in [5.74, 6) is 1.20. The van der Waals surface area contributed by atoms with Crippen LogP contribution in [-0.2, 0) is 0 Å². The maximum Gasteiger partial charge on any atom is 0.197 e. The summed E-state index contributed by atoms with van der Waals surface area (Å²) in [5, 5.41) is 8.84. The molecule has 0 saturated heterocycles. The highest BCUT2D eigenvalue weighted by molar-refractivity contribution is 6.42. The zero-order valence-corrected chi connectivity index (χ0v) is 16.6. The van der Waals surface area contributed by atoms with E-state index in [0.717, 1.165) is 22.6 Å². The Morgan fingerprint density at radius 1 is 0.889 bits per heavy atom.